The average Bonchev–Trinajstić information content (AvgIpc) is 2.08. The zero-order chi connectivity index (χ0) is 8.48. The first-order valence-corrected chi connectivity index (χ1v) is 6.02. The smallest absolute Gasteiger partial charge is 0.150 e. The molecule has 0 aromatic rings. The Labute approximate surface area is 68.9 Å². The van der Waals surface area contributed by atoms with Crippen LogP contribution in [0.3, 0.4) is 0 Å². The van der Waals surface area contributed by atoms with Gasteiger partial charge in [-0.1, -0.05) is 13.8 Å². The second-order valence-electron chi connectivity index (χ2n) is 3.90. The van der Waals surface area contributed by atoms with Gasteiger partial charge in [-0.2, -0.15) is 0 Å². The van der Waals surface area contributed by atoms with Gasteiger partial charge in [0.1, 0.15) is 0 Å². The average molecular weight is 176 g/mol. The lowest BCUT2D eigenvalue weighted by Gasteiger charge is -2.09. The van der Waals surface area contributed by atoms with E-state index >= 15 is 0 Å². The van der Waals surface area contributed by atoms with E-state index < -0.39 is 9.84 Å². The van der Waals surface area contributed by atoms with Crippen molar-refractivity contribution in [2.45, 2.75) is 26.7 Å². The predicted octanol–water partition coefficient (Wildman–Crippen LogP) is 1.47. The highest BCUT2D eigenvalue weighted by atomic mass is 32.2. The van der Waals surface area contributed by atoms with Crippen molar-refractivity contribution in [3.05, 3.63) is 0 Å². The van der Waals surface area contributed by atoms with Crippen LogP contribution < -0.4 is 0 Å². The Morgan fingerprint density at radius 3 is 2.45 bits per heavy atom. The summed E-state index contributed by atoms with van der Waals surface area (Å²) in [5, 5.41) is 0. The third kappa shape index (κ3) is 2.81. The molecule has 1 atom stereocenters. The minimum atomic E-state index is -2.64. The second-order valence-corrected chi connectivity index (χ2v) is 6.13. The summed E-state index contributed by atoms with van der Waals surface area (Å²) in [5.74, 6) is 1.93. The Hall–Kier alpha value is -0.0500. The Morgan fingerprint density at radius 2 is 2.09 bits per heavy atom. The summed E-state index contributed by atoms with van der Waals surface area (Å²) in [6, 6.07) is 0. The SMILES string of the molecule is CC(C)C[C@H]1CCS(=O)(=O)C1. The monoisotopic (exact) mass is 176 g/mol. The van der Waals surface area contributed by atoms with Crippen LogP contribution >= 0.6 is 0 Å². The van der Waals surface area contributed by atoms with Crippen LogP contribution in [0, 0.1) is 11.8 Å². The molecule has 1 aliphatic rings. The fraction of sp³-hybridized carbons (Fsp3) is 1.00. The molecule has 0 N–H and O–H groups in total. The summed E-state index contributed by atoms with van der Waals surface area (Å²) in [7, 11) is -2.64. The first-order chi connectivity index (χ1) is 4.99. The lowest BCUT2D eigenvalue weighted by atomic mass is 9.97. The summed E-state index contributed by atoms with van der Waals surface area (Å²) in [4.78, 5) is 0. The lowest BCUT2D eigenvalue weighted by molar-refractivity contribution is 0.446. The highest BCUT2D eigenvalue weighted by Gasteiger charge is 2.27. The zero-order valence-corrected chi connectivity index (χ0v) is 8.02. The van der Waals surface area contributed by atoms with E-state index in [1.54, 1.807) is 0 Å². The van der Waals surface area contributed by atoms with Gasteiger partial charge in [-0.05, 0) is 24.7 Å². The molecule has 0 radical (unpaired) electrons. The fourth-order valence-corrected chi connectivity index (χ4v) is 3.60. The van der Waals surface area contributed by atoms with Crippen molar-refractivity contribution >= 4 is 9.84 Å². The molecule has 0 aromatic carbocycles. The molecule has 0 bridgehead atoms. The largest absolute Gasteiger partial charge is 0.229 e. The van der Waals surface area contributed by atoms with Crippen LogP contribution in [-0.4, -0.2) is 19.9 Å². The Kier molecular flexibility index (Phi) is 2.58. The topological polar surface area (TPSA) is 34.1 Å². The van der Waals surface area contributed by atoms with Crippen molar-refractivity contribution in [2.75, 3.05) is 11.5 Å². The normalized spacial score (nSPS) is 29.5. The third-order valence-electron chi connectivity index (χ3n) is 2.13. The summed E-state index contributed by atoms with van der Waals surface area (Å²) in [6.45, 7) is 4.29. The first-order valence-electron chi connectivity index (χ1n) is 4.20. The molecule has 1 heterocycles. The Bertz CT molecular complexity index is 216. The Morgan fingerprint density at radius 1 is 1.45 bits per heavy atom. The molecule has 1 fully saturated rings. The molecule has 1 aliphatic heterocycles. The molecular formula is C8H16O2S. The minimum Gasteiger partial charge on any atom is -0.229 e. The fourth-order valence-electron chi connectivity index (χ4n) is 1.72. The van der Waals surface area contributed by atoms with E-state index in [2.05, 4.69) is 13.8 Å². The highest BCUT2D eigenvalue weighted by Crippen LogP contribution is 2.24. The van der Waals surface area contributed by atoms with Crippen molar-refractivity contribution in [3.8, 4) is 0 Å². The molecule has 0 aromatic heterocycles. The van der Waals surface area contributed by atoms with Crippen LogP contribution in [0.5, 0.6) is 0 Å². The van der Waals surface area contributed by atoms with E-state index in [1.807, 2.05) is 0 Å². The van der Waals surface area contributed by atoms with Crippen molar-refractivity contribution < 1.29 is 8.42 Å². The van der Waals surface area contributed by atoms with Gasteiger partial charge in [0.2, 0.25) is 0 Å². The highest BCUT2D eigenvalue weighted by molar-refractivity contribution is 7.91. The van der Waals surface area contributed by atoms with Gasteiger partial charge in [-0.15, -0.1) is 0 Å². The molecule has 0 aliphatic carbocycles. The van der Waals surface area contributed by atoms with Crippen molar-refractivity contribution in [1.29, 1.82) is 0 Å². The molecular weight excluding hydrogens is 160 g/mol. The van der Waals surface area contributed by atoms with Crippen molar-refractivity contribution in [3.63, 3.8) is 0 Å². The summed E-state index contributed by atoms with van der Waals surface area (Å²) < 4.78 is 22.0. The van der Waals surface area contributed by atoms with Crippen LogP contribution in [0.1, 0.15) is 26.7 Å². The molecule has 3 heteroatoms. The van der Waals surface area contributed by atoms with Crippen LogP contribution in [0.4, 0.5) is 0 Å². The van der Waals surface area contributed by atoms with Crippen LogP contribution in [-0.2, 0) is 9.84 Å². The Balaban J connectivity index is 2.43. The molecule has 0 unspecified atom stereocenters. The number of rotatable bonds is 2. The maximum absolute atomic E-state index is 11.0. The quantitative estimate of drug-likeness (QED) is 0.638. The maximum atomic E-state index is 11.0. The zero-order valence-electron chi connectivity index (χ0n) is 7.21. The van der Waals surface area contributed by atoms with Gasteiger partial charge in [-0.25, -0.2) is 8.42 Å². The first kappa shape index (κ1) is 9.04. The molecule has 0 spiro atoms. The van der Waals surface area contributed by atoms with Gasteiger partial charge in [0.05, 0.1) is 11.5 Å². The third-order valence-corrected chi connectivity index (χ3v) is 3.97. The van der Waals surface area contributed by atoms with E-state index in [-0.39, 0.29) is 0 Å². The molecule has 0 amide bonds. The lowest BCUT2D eigenvalue weighted by Crippen LogP contribution is -2.07. The van der Waals surface area contributed by atoms with Crippen LogP contribution in [0.2, 0.25) is 0 Å². The molecule has 1 rings (SSSR count). The van der Waals surface area contributed by atoms with Crippen LogP contribution in [0.25, 0.3) is 0 Å². The van der Waals surface area contributed by atoms with E-state index in [0.717, 1.165) is 12.8 Å². The van der Waals surface area contributed by atoms with E-state index in [0.29, 0.717) is 23.3 Å². The van der Waals surface area contributed by atoms with Crippen molar-refractivity contribution in [1.82, 2.24) is 0 Å². The van der Waals surface area contributed by atoms with Crippen molar-refractivity contribution in [2.24, 2.45) is 11.8 Å². The summed E-state index contributed by atoms with van der Waals surface area (Å²) >= 11 is 0. The van der Waals surface area contributed by atoms with Crippen LogP contribution in [0.15, 0.2) is 0 Å². The molecule has 0 saturated carbocycles. The van der Waals surface area contributed by atoms with Gasteiger partial charge in [0.25, 0.3) is 0 Å². The second kappa shape index (κ2) is 3.13. The van der Waals surface area contributed by atoms with Gasteiger partial charge >= 0.3 is 0 Å². The molecule has 66 valence electrons. The standard InChI is InChI=1S/C8H16O2S/c1-7(2)5-8-3-4-11(9,10)6-8/h7-8H,3-6H2,1-2H3/t8-/m1/s1. The van der Waals surface area contributed by atoms with Gasteiger partial charge < -0.3 is 0 Å². The molecule has 1 saturated heterocycles. The van der Waals surface area contributed by atoms with Gasteiger partial charge in [-0.3, -0.25) is 0 Å². The molecule has 11 heavy (non-hydrogen) atoms. The molecule has 2 nitrogen and oxygen atoms in total. The number of hydrogen-bond acceptors (Lipinski definition) is 2. The number of sulfone groups is 1. The number of hydrogen-bond donors (Lipinski definition) is 0. The predicted molar refractivity (Wildman–Crippen MR) is 46.2 cm³/mol. The van der Waals surface area contributed by atoms with E-state index in [4.69, 9.17) is 0 Å². The summed E-state index contributed by atoms with van der Waals surface area (Å²) in [5.41, 5.74) is 0. The van der Waals surface area contributed by atoms with E-state index in [9.17, 15) is 8.42 Å². The van der Waals surface area contributed by atoms with Gasteiger partial charge in [0.15, 0.2) is 9.84 Å². The van der Waals surface area contributed by atoms with E-state index in [1.165, 1.54) is 0 Å². The maximum Gasteiger partial charge on any atom is 0.150 e. The minimum absolute atomic E-state index is 0.421. The summed E-state index contributed by atoms with van der Waals surface area (Å²) in [6.07, 6.45) is 1.96. The van der Waals surface area contributed by atoms with Gasteiger partial charge in [0, 0.05) is 0 Å².